The average Bonchev–Trinajstić information content (AvgIpc) is 0.722. The number of rotatable bonds is 0. The van der Waals surface area contributed by atoms with Crippen LogP contribution in [-0.2, 0) is 4.57 Å². The summed E-state index contributed by atoms with van der Waals surface area (Å²) in [6.07, 6.45) is 0. The van der Waals surface area contributed by atoms with Crippen molar-refractivity contribution in [2.45, 2.75) is 0 Å². The molecule has 7 nitrogen and oxygen atoms in total. The van der Waals surface area contributed by atoms with Crippen molar-refractivity contribution in [2.75, 3.05) is 0 Å². The van der Waals surface area contributed by atoms with Crippen molar-refractivity contribution in [3.8, 4) is 0 Å². The summed E-state index contributed by atoms with van der Waals surface area (Å²) < 4.78 is 8.77. The van der Waals surface area contributed by atoms with Crippen LogP contribution in [0.1, 0.15) is 0 Å². The summed E-state index contributed by atoms with van der Waals surface area (Å²) in [5.74, 6) is 0. The standard InChI is InChI=1S/ClH.K.3H3N.H3O4P/c;;;;;1-5(2,3)4/h1H;;3*1H3;(H3,1,2,3,4)/q;+1;;;;/p-1. The predicted molar refractivity (Wildman–Crippen MR) is 34.4 cm³/mol. The fraction of sp³-hybridized carbons (Fsp3) is 0. The summed E-state index contributed by atoms with van der Waals surface area (Å²) in [6.45, 7) is 0. The van der Waals surface area contributed by atoms with Crippen molar-refractivity contribution in [1.82, 2.24) is 18.5 Å². The van der Waals surface area contributed by atoms with Gasteiger partial charge in [0.1, 0.15) is 0 Å². The zero-order chi connectivity index (χ0) is 4.50. The third kappa shape index (κ3) is 215. The van der Waals surface area contributed by atoms with Crippen LogP contribution in [0.15, 0.2) is 0 Å². The van der Waals surface area contributed by atoms with Gasteiger partial charge in [-0.1, -0.05) is 0 Å². The molecule has 0 saturated carbocycles. The van der Waals surface area contributed by atoms with E-state index in [-0.39, 0.29) is 82.2 Å². The van der Waals surface area contributed by atoms with Gasteiger partial charge >= 0.3 is 51.4 Å². The molecule has 0 aliphatic rings. The van der Waals surface area contributed by atoms with Gasteiger partial charge in [-0.3, -0.25) is 4.57 Å². The number of hydrogen-bond donors (Lipinski definition) is 5. The number of halogens is 1. The molecule has 10 heteroatoms. The third-order valence-corrected chi connectivity index (χ3v) is 0. The Hall–Kier alpha value is 1.92. The number of hydrogen-bond acceptors (Lipinski definition) is 5. The zero-order valence-corrected chi connectivity index (χ0v) is 10.5. The minimum atomic E-state index is -4.89. The van der Waals surface area contributed by atoms with E-state index >= 15 is 0 Å². The maximum absolute atomic E-state index is 8.77. The molecule has 0 unspecified atom stereocenters. The minimum Gasteiger partial charge on any atom is -0.756 e. The second-order valence-electron chi connectivity index (χ2n) is 0.491. The first-order chi connectivity index (χ1) is 2.00. The van der Waals surface area contributed by atoms with Crippen LogP contribution in [0.3, 0.4) is 0 Å². The van der Waals surface area contributed by atoms with E-state index in [0.717, 1.165) is 0 Å². The van der Waals surface area contributed by atoms with Crippen molar-refractivity contribution in [2.24, 2.45) is 0 Å². The Morgan fingerprint density at radius 2 is 1.10 bits per heavy atom. The van der Waals surface area contributed by atoms with Crippen LogP contribution in [0.5, 0.6) is 0 Å². The largest absolute Gasteiger partial charge is 1.00 e. The summed E-state index contributed by atoms with van der Waals surface area (Å²) in [7, 11) is -4.89. The van der Waals surface area contributed by atoms with E-state index in [2.05, 4.69) is 0 Å². The second kappa shape index (κ2) is 17.1. The molecule has 11 N–H and O–H groups in total. The van der Waals surface area contributed by atoms with Gasteiger partial charge < -0.3 is 33.1 Å². The van der Waals surface area contributed by atoms with Crippen LogP contribution >= 0.6 is 20.2 Å². The Balaban J connectivity index is -0.00000000800. The summed E-state index contributed by atoms with van der Waals surface area (Å²) in [6, 6.07) is 0. The van der Waals surface area contributed by atoms with Gasteiger partial charge in [0.2, 0.25) is 0 Å². The summed E-state index contributed by atoms with van der Waals surface area (Å²) >= 11 is 0. The van der Waals surface area contributed by atoms with Crippen molar-refractivity contribution in [1.29, 1.82) is 0 Å². The molecule has 0 aliphatic carbocycles. The van der Waals surface area contributed by atoms with E-state index in [9.17, 15) is 0 Å². The maximum Gasteiger partial charge on any atom is 1.00 e. The number of phosphoric acid groups is 1. The Kier molecular flexibility index (Phi) is 69.5. The van der Waals surface area contributed by atoms with E-state index in [1.807, 2.05) is 0 Å². The maximum atomic E-state index is 8.77. The Morgan fingerprint density at radius 3 is 1.10 bits per heavy atom. The van der Waals surface area contributed by atoms with Crippen molar-refractivity contribution < 1.29 is 70.6 Å². The average molecular weight is 224 g/mol. The van der Waals surface area contributed by atoms with Gasteiger partial charge in [-0.25, -0.2) is 0 Å². The molecule has 0 aromatic rings. The quantitative estimate of drug-likeness (QED) is 0.207. The summed E-state index contributed by atoms with van der Waals surface area (Å²) in [5.41, 5.74) is 0. The predicted octanol–water partition coefficient (Wildman–Crippen LogP) is -3.65. The van der Waals surface area contributed by atoms with E-state index in [1.54, 1.807) is 0 Å². The molecule has 0 saturated heterocycles. The van der Waals surface area contributed by atoms with Gasteiger partial charge in [0.05, 0.1) is 0 Å². The van der Waals surface area contributed by atoms with Crippen LogP contribution in [0.4, 0.5) is 0 Å². The van der Waals surface area contributed by atoms with E-state index in [4.69, 9.17) is 19.2 Å². The second-order valence-corrected chi connectivity index (χ2v) is 1.47. The fourth-order valence-electron chi connectivity index (χ4n) is 0. The first kappa shape index (κ1) is 40.6. The molecule has 0 rings (SSSR count). The van der Waals surface area contributed by atoms with Gasteiger partial charge in [-0.05, 0) is 0 Å². The van der Waals surface area contributed by atoms with Crippen LogP contribution in [0.2, 0.25) is 0 Å². The molecule has 0 atom stereocenters. The summed E-state index contributed by atoms with van der Waals surface area (Å²) in [5, 5.41) is 0. The van der Waals surface area contributed by atoms with Crippen LogP contribution < -0.4 is 74.7 Å². The van der Waals surface area contributed by atoms with Gasteiger partial charge in [-0.15, -0.1) is 12.4 Å². The molecule has 10 heavy (non-hydrogen) atoms. The topological polar surface area (TPSA) is 186 Å². The van der Waals surface area contributed by atoms with Crippen LogP contribution in [0.25, 0.3) is 0 Å². The Morgan fingerprint density at radius 1 is 1.10 bits per heavy atom. The van der Waals surface area contributed by atoms with Crippen molar-refractivity contribution in [3.63, 3.8) is 0 Å². The van der Waals surface area contributed by atoms with Gasteiger partial charge in [0, 0.05) is 0 Å². The smallest absolute Gasteiger partial charge is 0.756 e. The molecule has 64 valence electrons. The van der Waals surface area contributed by atoms with Crippen molar-refractivity contribution >= 4 is 20.2 Å². The zero-order valence-electron chi connectivity index (χ0n) is 5.69. The Labute approximate surface area is 108 Å². The molecule has 0 aliphatic heterocycles. The molecular formula is H12ClKN3O4P. The van der Waals surface area contributed by atoms with E-state index in [1.165, 1.54) is 0 Å². The summed E-state index contributed by atoms with van der Waals surface area (Å²) in [4.78, 5) is 22.9. The van der Waals surface area contributed by atoms with Gasteiger partial charge in [0.15, 0.2) is 0 Å². The molecule has 0 spiro atoms. The van der Waals surface area contributed by atoms with Crippen LogP contribution in [-0.4, -0.2) is 9.79 Å². The minimum absolute atomic E-state index is 0. The first-order valence-corrected chi connectivity index (χ1v) is 2.30. The molecule has 0 fully saturated rings. The van der Waals surface area contributed by atoms with Crippen LogP contribution in [0, 0.1) is 0 Å². The van der Waals surface area contributed by atoms with Gasteiger partial charge in [-0.2, -0.15) is 0 Å². The molecule has 0 aromatic heterocycles. The van der Waals surface area contributed by atoms with Crippen molar-refractivity contribution in [3.05, 3.63) is 0 Å². The fourth-order valence-corrected chi connectivity index (χ4v) is 0. The van der Waals surface area contributed by atoms with E-state index in [0.29, 0.717) is 0 Å². The van der Waals surface area contributed by atoms with E-state index < -0.39 is 7.82 Å². The monoisotopic (exact) mass is 223 g/mol. The molecule has 0 bridgehead atoms. The molecular weight excluding hydrogens is 212 g/mol. The Bertz CT molecular complexity index is 66.6. The van der Waals surface area contributed by atoms with Gasteiger partial charge in [0.25, 0.3) is 7.82 Å². The third-order valence-electron chi connectivity index (χ3n) is 0. The SMILES string of the molecule is Cl.N.N.N.O=P([O-])(O)O.[K+]. The molecule has 0 heterocycles. The normalized spacial score (nSPS) is 5.90. The molecule has 0 aromatic carbocycles. The molecule has 0 amide bonds. The first-order valence-electron chi connectivity index (χ1n) is 0.765. The molecule has 0 radical (unpaired) electrons.